The average molecular weight is 634 g/mol. The summed E-state index contributed by atoms with van der Waals surface area (Å²) in [6.45, 7) is 4.58. The van der Waals surface area contributed by atoms with E-state index in [9.17, 15) is 36.5 Å². The van der Waals surface area contributed by atoms with Crippen LogP contribution in [0.5, 0.6) is 0 Å². The van der Waals surface area contributed by atoms with Crippen LogP contribution < -0.4 is 5.32 Å². The Labute approximate surface area is 249 Å². The third-order valence-electron chi connectivity index (χ3n) is 7.46. The summed E-state index contributed by atoms with van der Waals surface area (Å²) in [6, 6.07) is 7.90. The van der Waals surface area contributed by atoms with Crippen molar-refractivity contribution in [1.29, 1.82) is 0 Å². The van der Waals surface area contributed by atoms with Crippen molar-refractivity contribution in [2.45, 2.75) is 37.7 Å². The minimum atomic E-state index is -4.84. The van der Waals surface area contributed by atoms with Gasteiger partial charge in [-0.25, -0.2) is 0 Å². The number of hydrogen-bond donors (Lipinski definition) is 1. The Balaban J connectivity index is 1.20. The molecule has 2 aromatic carbocycles. The first-order valence-corrected chi connectivity index (χ1v) is 14.1. The van der Waals surface area contributed by atoms with Crippen molar-refractivity contribution in [2.75, 3.05) is 51.1 Å². The minimum Gasteiger partial charge on any atom is -0.382 e. The summed E-state index contributed by atoms with van der Waals surface area (Å²) in [5, 5.41) is 14.0. The number of nitro benzene ring substituents is 1. The van der Waals surface area contributed by atoms with E-state index in [-0.39, 0.29) is 11.7 Å². The van der Waals surface area contributed by atoms with Gasteiger partial charge in [-0.3, -0.25) is 15.0 Å². The first-order chi connectivity index (χ1) is 19.7. The van der Waals surface area contributed by atoms with Gasteiger partial charge in [0.25, 0.3) is 5.69 Å². The van der Waals surface area contributed by atoms with Gasteiger partial charge >= 0.3 is 12.4 Å². The van der Waals surface area contributed by atoms with Crippen molar-refractivity contribution in [3.05, 3.63) is 69.3 Å². The number of nitro groups is 1. The molecule has 7 nitrogen and oxygen atoms in total. The molecule has 2 aliphatic heterocycles. The molecule has 0 aliphatic carbocycles. The minimum absolute atomic E-state index is 0.0969. The molecular formula is C27H29F6N5O2S2. The van der Waals surface area contributed by atoms with Gasteiger partial charge in [0.15, 0.2) is 0 Å². The molecule has 42 heavy (non-hydrogen) atoms. The molecule has 0 spiro atoms. The molecule has 2 fully saturated rings. The number of rotatable bonds is 7. The summed E-state index contributed by atoms with van der Waals surface area (Å²) >= 11 is 11.1. The van der Waals surface area contributed by atoms with E-state index in [0.717, 1.165) is 35.8 Å². The molecule has 2 saturated heterocycles. The normalized spacial score (nSPS) is 17.3. The topological polar surface area (TPSA) is 64.9 Å². The van der Waals surface area contributed by atoms with E-state index in [1.54, 1.807) is 6.07 Å². The number of halogens is 6. The SMILES string of the molecule is O=[N+]([O-])c1ccc(NC2CCN(C(=S)CCN3CCN(C(=S)c4cccc(C(F)(F)F)c4)CC3)CC2)cc1C(F)(F)F. The van der Waals surface area contributed by atoms with E-state index < -0.39 is 34.1 Å². The van der Waals surface area contributed by atoms with Gasteiger partial charge in [0, 0.05) is 75.6 Å². The van der Waals surface area contributed by atoms with E-state index in [1.165, 1.54) is 12.1 Å². The number of piperidine rings is 1. The molecular weight excluding hydrogens is 604 g/mol. The lowest BCUT2D eigenvalue weighted by Gasteiger charge is -2.38. The molecule has 0 amide bonds. The predicted octanol–water partition coefficient (Wildman–Crippen LogP) is 6.22. The van der Waals surface area contributed by atoms with E-state index in [0.29, 0.717) is 69.1 Å². The maximum Gasteiger partial charge on any atom is 0.423 e. The van der Waals surface area contributed by atoms with Crippen LogP contribution in [-0.4, -0.2) is 81.5 Å². The number of alkyl halides is 6. The highest BCUT2D eigenvalue weighted by Crippen LogP contribution is 2.38. The smallest absolute Gasteiger partial charge is 0.382 e. The van der Waals surface area contributed by atoms with Gasteiger partial charge in [0.1, 0.15) is 10.6 Å². The Morgan fingerprint density at radius 1 is 0.905 bits per heavy atom. The number of hydrogen-bond acceptors (Lipinski definition) is 6. The molecule has 0 radical (unpaired) electrons. The van der Waals surface area contributed by atoms with Crippen LogP contribution in [0.2, 0.25) is 0 Å². The van der Waals surface area contributed by atoms with Crippen molar-refractivity contribution < 1.29 is 31.3 Å². The fourth-order valence-electron chi connectivity index (χ4n) is 5.12. The molecule has 2 aromatic rings. The van der Waals surface area contributed by atoms with E-state index in [2.05, 4.69) is 15.1 Å². The number of likely N-dealkylation sites (tertiary alicyclic amines) is 1. The number of anilines is 1. The zero-order valence-electron chi connectivity index (χ0n) is 22.4. The predicted molar refractivity (Wildman–Crippen MR) is 155 cm³/mol. The van der Waals surface area contributed by atoms with Crippen LogP contribution in [-0.2, 0) is 12.4 Å². The Kier molecular flexibility index (Phi) is 9.93. The van der Waals surface area contributed by atoms with Gasteiger partial charge < -0.3 is 15.1 Å². The molecule has 4 rings (SSSR count). The molecule has 0 unspecified atom stereocenters. The summed E-state index contributed by atoms with van der Waals surface area (Å²) in [6.07, 6.45) is -7.32. The summed E-state index contributed by atoms with van der Waals surface area (Å²) in [5.74, 6) is 0. The Bertz CT molecular complexity index is 1310. The van der Waals surface area contributed by atoms with Gasteiger partial charge in [0.2, 0.25) is 0 Å². The maximum absolute atomic E-state index is 13.3. The zero-order valence-corrected chi connectivity index (χ0v) is 24.0. The van der Waals surface area contributed by atoms with Crippen LogP contribution in [0.25, 0.3) is 0 Å². The van der Waals surface area contributed by atoms with Gasteiger partial charge in [0.05, 0.1) is 15.5 Å². The Morgan fingerprint density at radius 3 is 2.17 bits per heavy atom. The molecule has 0 atom stereocenters. The van der Waals surface area contributed by atoms with Crippen molar-refractivity contribution in [3.63, 3.8) is 0 Å². The van der Waals surface area contributed by atoms with Gasteiger partial charge in [-0.15, -0.1) is 0 Å². The van der Waals surface area contributed by atoms with Crippen molar-refractivity contribution in [2.24, 2.45) is 0 Å². The van der Waals surface area contributed by atoms with Crippen LogP contribution in [0, 0.1) is 10.1 Å². The van der Waals surface area contributed by atoms with Crippen molar-refractivity contribution in [3.8, 4) is 0 Å². The highest BCUT2D eigenvalue weighted by Gasteiger charge is 2.38. The third-order valence-corrected chi connectivity index (χ3v) is 8.41. The van der Waals surface area contributed by atoms with Crippen LogP contribution in [0.3, 0.4) is 0 Å². The monoisotopic (exact) mass is 633 g/mol. The molecule has 15 heteroatoms. The first kappa shape index (κ1) is 31.9. The zero-order chi connectivity index (χ0) is 30.7. The summed E-state index contributed by atoms with van der Waals surface area (Å²) in [7, 11) is 0. The van der Waals surface area contributed by atoms with Crippen LogP contribution in [0.4, 0.5) is 37.7 Å². The maximum atomic E-state index is 13.3. The molecule has 2 aliphatic rings. The largest absolute Gasteiger partial charge is 0.423 e. The Hall–Kier alpha value is -3.04. The summed E-state index contributed by atoms with van der Waals surface area (Å²) in [4.78, 5) is 17.4. The second-order valence-electron chi connectivity index (χ2n) is 10.2. The van der Waals surface area contributed by atoms with Gasteiger partial charge in [-0.1, -0.05) is 36.6 Å². The number of nitrogens with one attached hydrogen (secondary N) is 1. The molecule has 0 saturated carbocycles. The first-order valence-electron chi connectivity index (χ1n) is 13.3. The van der Waals surface area contributed by atoms with Crippen LogP contribution in [0.15, 0.2) is 42.5 Å². The lowest BCUT2D eigenvalue weighted by molar-refractivity contribution is -0.388. The Morgan fingerprint density at radius 2 is 1.57 bits per heavy atom. The van der Waals surface area contributed by atoms with Crippen molar-refractivity contribution in [1.82, 2.24) is 14.7 Å². The molecule has 0 aromatic heterocycles. The number of piperazine rings is 1. The number of nitrogens with zero attached hydrogens (tertiary/aromatic N) is 4. The van der Waals surface area contributed by atoms with Crippen LogP contribution in [0.1, 0.15) is 36.0 Å². The molecule has 0 bridgehead atoms. The summed E-state index contributed by atoms with van der Waals surface area (Å²) < 4.78 is 79.1. The molecule has 1 N–H and O–H groups in total. The second kappa shape index (κ2) is 13.1. The third kappa shape index (κ3) is 8.07. The summed E-state index contributed by atoms with van der Waals surface area (Å²) in [5.41, 5.74) is -2.43. The standard InChI is InChI=1S/C27H29F6N5O2S2/c28-26(29,30)19-3-1-2-18(16-19)25(42)37-14-12-35(13-15-37)9-8-24(41)36-10-6-20(7-11-36)34-21-4-5-23(38(39)40)22(17-21)27(31,32)33/h1-5,16-17,20,34H,6-15H2. The van der Waals surface area contributed by atoms with E-state index in [4.69, 9.17) is 24.4 Å². The highest BCUT2D eigenvalue weighted by molar-refractivity contribution is 7.80. The van der Waals surface area contributed by atoms with Gasteiger partial charge in [-0.2, -0.15) is 26.3 Å². The average Bonchev–Trinajstić information content (AvgIpc) is 2.95. The fourth-order valence-corrected chi connectivity index (χ4v) is 5.70. The van der Waals surface area contributed by atoms with E-state index in [1.807, 2.05) is 4.90 Å². The van der Waals surface area contributed by atoms with E-state index >= 15 is 0 Å². The van der Waals surface area contributed by atoms with Crippen molar-refractivity contribution >= 4 is 45.8 Å². The number of thiocarbonyl (C=S) groups is 2. The van der Waals surface area contributed by atoms with Gasteiger partial charge in [-0.05, 0) is 37.1 Å². The fraction of sp³-hybridized carbons (Fsp3) is 0.481. The lowest BCUT2D eigenvalue weighted by atomic mass is 10.0. The molecule has 228 valence electrons. The highest BCUT2D eigenvalue weighted by atomic mass is 32.1. The second-order valence-corrected chi connectivity index (χ2v) is 11.1. The lowest BCUT2D eigenvalue weighted by Crippen LogP contribution is -2.49. The van der Waals surface area contributed by atoms with Crippen LogP contribution >= 0.6 is 24.4 Å². The molecule has 2 heterocycles. The quantitative estimate of drug-likeness (QED) is 0.167. The number of benzene rings is 2.